The van der Waals surface area contributed by atoms with E-state index >= 15 is 0 Å². The van der Waals surface area contributed by atoms with Crippen LogP contribution in [0.5, 0.6) is 5.75 Å². The molecule has 8 nitrogen and oxygen atoms in total. The van der Waals surface area contributed by atoms with Crippen LogP contribution in [0.2, 0.25) is 10.0 Å². The number of carbonyl (C=O) groups is 2. The van der Waals surface area contributed by atoms with Crippen molar-refractivity contribution in [3.05, 3.63) is 63.9 Å². The lowest BCUT2D eigenvalue weighted by Crippen LogP contribution is -2.29. The molecule has 2 aromatic carbocycles. The second-order valence-corrected chi connectivity index (χ2v) is 8.96. The average Bonchev–Trinajstić information content (AvgIpc) is 3.15. The first-order valence-electron chi connectivity index (χ1n) is 9.96. The first-order valence-corrected chi connectivity index (χ1v) is 11.7. The van der Waals surface area contributed by atoms with Crippen molar-refractivity contribution >= 4 is 52.5 Å². The van der Waals surface area contributed by atoms with E-state index in [1.54, 1.807) is 36.9 Å². The molecule has 2 amide bonds. The largest absolute Gasteiger partial charge is 0.497 e. The third-order valence-corrected chi connectivity index (χ3v) is 6.28. The van der Waals surface area contributed by atoms with Gasteiger partial charge in [-0.25, -0.2) is 0 Å². The number of amides is 2. The molecular weight excluding hydrogens is 485 g/mol. The second kappa shape index (κ2) is 11.4. The van der Waals surface area contributed by atoms with Gasteiger partial charge in [0.25, 0.3) is 0 Å². The predicted octanol–water partition coefficient (Wildman–Crippen LogP) is 4.28. The van der Waals surface area contributed by atoms with Crippen molar-refractivity contribution in [1.82, 2.24) is 20.1 Å². The molecule has 3 rings (SSSR count). The van der Waals surface area contributed by atoms with Crippen molar-refractivity contribution in [3.8, 4) is 5.75 Å². The van der Waals surface area contributed by atoms with E-state index in [2.05, 4.69) is 20.8 Å². The zero-order valence-corrected chi connectivity index (χ0v) is 20.6. The van der Waals surface area contributed by atoms with E-state index in [1.165, 1.54) is 11.8 Å². The summed E-state index contributed by atoms with van der Waals surface area (Å²) in [6, 6.07) is 11.8. The number of rotatable bonds is 9. The fourth-order valence-electron chi connectivity index (χ4n) is 3.02. The number of halogens is 2. The molecule has 0 spiro atoms. The van der Waals surface area contributed by atoms with Crippen LogP contribution < -0.4 is 15.4 Å². The van der Waals surface area contributed by atoms with Gasteiger partial charge < -0.3 is 19.9 Å². The van der Waals surface area contributed by atoms with E-state index < -0.39 is 0 Å². The maximum absolute atomic E-state index is 12.4. The van der Waals surface area contributed by atoms with Crippen LogP contribution in [0.1, 0.15) is 24.4 Å². The van der Waals surface area contributed by atoms with Gasteiger partial charge in [0.1, 0.15) is 5.75 Å². The van der Waals surface area contributed by atoms with Crippen molar-refractivity contribution in [2.75, 3.05) is 18.2 Å². The lowest BCUT2D eigenvalue weighted by Gasteiger charge is -2.14. The Balaban J connectivity index is 1.53. The highest BCUT2D eigenvalue weighted by Gasteiger charge is 2.19. The summed E-state index contributed by atoms with van der Waals surface area (Å²) in [5.41, 5.74) is 1.32. The maximum atomic E-state index is 12.4. The van der Waals surface area contributed by atoms with Crippen LogP contribution in [0.4, 0.5) is 5.69 Å². The van der Waals surface area contributed by atoms with Gasteiger partial charge in [-0.2, -0.15) is 0 Å². The van der Waals surface area contributed by atoms with Gasteiger partial charge in [-0.3, -0.25) is 9.59 Å². The van der Waals surface area contributed by atoms with Gasteiger partial charge >= 0.3 is 0 Å². The first-order chi connectivity index (χ1) is 15.8. The summed E-state index contributed by atoms with van der Waals surface area (Å²) in [4.78, 5) is 24.7. The Morgan fingerprint density at radius 2 is 1.85 bits per heavy atom. The van der Waals surface area contributed by atoms with Crippen LogP contribution in [-0.4, -0.2) is 39.4 Å². The van der Waals surface area contributed by atoms with Gasteiger partial charge in [-0.1, -0.05) is 47.1 Å². The topological polar surface area (TPSA) is 98.1 Å². The Kier molecular flexibility index (Phi) is 8.60. The smallest absolute Gasteiger partial charge is 0.234 e. The summed E-state index contributed by atoms with van der Waals surface area (Å²) >= 11 is 13.3. The van der Waals surface area contributed by atoms with Crippen molar-refractivity contribution in [1.29, 1.82) is 0 Å². The molecule has 2 N–H and O–H groups in total. The minimum absolute atomic E-state index is 0.104. The number of aromatic nitrogens is 3. The number of hydrogen-bond donors (Lipinski definition) is 2. The standard InChI is InChI=1S/C22H23Cl2N5O3S/c1-13(25-19(30)10-14-4-7-16(32-3)8-5-14)21-27-28-22(29(21)2)33-12-20(31)26-18-11-15(23)6-9-17(18)24/h4-9,11,13H,10,12H2,1-3H3,(H,25,30)(H,26,31)/t13-/m0/s1. The molecular formula is C22H23Cl2N5O3S. The molecule has 1 aromatic heterocycles. The molecule has 0 saturated carbocycles. The zero-order valence-electron chi connectivity index (χ0n) is 18.3. The van der Waals surface area contributed by atoms with Gasteiger partial charge in [0.2, 0.25) is 11.8 Å². The highest BCUT2D eigenvalue weighted by molar-refractivity contribution is 7.99. The summed E-state index contributed by atoms with van der Waals surface area (Å²) in [6.45, 7) is 1.83. The number of nitrogens with zero attached hydrogens (tertiary/aromatic N) is 3. The lowest BCUT2D eigenvalue weighted by atomic mass is 10.1. The third-order valence-electron chi connectivity index (χ3n) is 4.69. The summed E-state index contributed by atoms with van der Waals surface area (Å²) in [5.74, 6) is 1.03. The predicted molar refractivity (Wildman–Crippen MR) is 130 cm³/mol. The Bertz CT molecular complexity index is 1140. The fraction of sp³-hybridized carbons (Fsp3) is 0.273. The summed E-state index contributed by atoms with van der Waals surface area (Å²) in [5, 5.41) is 15.4. The van der Waals surface area contributed by atoms with E-state index in [0.717, 1.165) is 11.3 Å². The minimum atomic E-state index is -0.360. The van der Waals surface area contributed by atoms with E-state index in [0.29, 0.717) is 26.7 Å². The molecule has 0 radical (unpaired) electrons. The van der Waals surface area contributed by atoms with Crippen LogP contribution in [0.3, 0.4) is 0 Å². The van der Waals surface area contributed by atoms with Crippen molar-refractivity contribution in [2.24, 2.45) is 7.05 Å². The molecule has 174 valence electrons. The van der Waals surface area contributed by atoms with Gasteiger partial charge in [-0.15, -0.1) is 10.2 Å². The van der Waals surface area contributed by atoms with Crippen LogP contribution in [0.15, 0.2) is 47.6 Å². The van der Waals surface area contributed by atoms with Crippen molar-refractivity contribution in [2.45, 2.75) is 24.5 Å². The van der Waals surface area contributed by atoms with Gasteiger partial charge in [0.15, 0.2) is 11.0 Å². The SMILES string of the molecule is COc1ccc(CC(=O)N[C@@H](C)c2nnc(SCC(=O)Nc3cc(Cl)ccc3Cl)n2C)cc1. The number of carbonyl (C=O) groups excluding carboxylic acids is 2. The zero-order chi connectivity index (χ0) is 24.0. The maximum Gasteiger partial charge on any atom is 0.234 e. The van der Waals surface area contributed by atoms with Gasteiger partial charge in [0.05, 0.1) is 36.0 Å². The Morgan fingerprint density at radius 1 is 1.12 bits per heavy atom. The van der Waals surface area contributed by atoms with Crippen LogP contribution in [0, 0.1) is 0 Å². The Morgan fingerprint density at radius 3 is 2.55 bits per heavy atom. The molecule has 0 aliphatic carbocycles. The number of ether oxygens (including phenoxy) is 1. The number of nitrogens with one attached hydrogen (secondary N) is 2. The molecule has 0 aliphatic heterocycles. The number of thioether (sulfide) groups is 1. The Hall–Kier alpha value is -2.75. The highest BCUT2D eigenvalue weighted by Crippen LogP contribution is 2.26. The van der Waals surface area contributed by atoms with Crippen molar-refractivity contribution in [3.63, 3.8) is 0 Å². The Labute approximate surface area is 206 Å². The van der Waals surface area contributed by atoms with Crippen LogP contribution in [0.25, 0.3) is 0 Å². The molecule has 0 bridgehead atoms. The highest BCUT2D eigenvalue weighted by atomic mass is 35.5. The van der Waals surface area contributed by atoms with Crippen LogP contribution >= 0.6 is 35.0 Å². The molecule has 11 heteroatoms. The number of anilines is 1. The molecule has 33 heavy (non-hydrogen) atoms. The van der Waals surface area contributed by atoms with Crippen LogP contribution in [-0.2, 0) is 23.1 Å². The van der Waals surface area contributed by atoms with Gasteiger partial charge in [0, 0.05) is 12.1 Å². The van der Waals surface area contributed by atoms with E-state index in [-0.39, 0.29) is 30.0 Å². The lowest BCUT2D eigenvalue weighted by molar-refractivity contribution is -0.121. The minimum Gasteiger partial charge on any atom is -0.497 e. The number of hydrogen-bond acceptors (Lipinski definition) is 6. The molecule has 3 aromatic rings. The number of benzene rings is 2. The van der Waals surface area contributed by atoms with E-state index in [9.17, 15) is 9.59 Å². The molecule has 1 heterocycles. The summed E-state index contributed by atoms with van der Waals surface area (Å²) in [7, 11) is 3.38. The van der Waals surface area contributed by atoms with Crippen molar-refractivity contribution < 1.29 is 14.3 Å². The molecule has 0 saturated heterocycles. The third kappa shape index (κ3) is 6.86. The summed E-state index contributed by atoms with van der Waals surface area (Å²) < 4.78 is 6.88. The van der Waals surface area contributed by atoms with E-state index in [1.807, 2.05) is 31.2 Å². The molecule has 0 fully saturated rings. The van der Waals surface area contributed by atoms with E-state index in [4.69, 9.17) is 27.9 Å². The monoisotopic (exact) mass is 507 g/mol. The molecule has 0 aliphatic rings. The number of methoxy groups -OCH3 is 1. The van der Waals surface area contributed by atoms with Gasteiger partial charge in [-0.05, 0) is 42.8 Å². The summed E-state index contributed by atoms with van der Waals surface area (Å²) in [6.07, 6.45) is 0.236. The average molecular weight is 508 g/mol. The normalized spacial score (nSPS) is 11.7. The fourth-order valence-corrected chi connectivity index (χ4v) is 4.08. The molecule has 0 unspecified atom stereocenters. The quantitative estimate of drug-likeness (QED) is 0.419. The molecule has 1 atom stereocenters. The first kappa shape index (κ1) is 24.9. The second-order valence-electron chi connectivity index (χ2n) is 7.17.